The molecule has 2 heterocycles. The fourth-order valence-corrected chi connectivity index (χ4v) is 7.79. The molecule has 34 heavy (non-hydrogen) atoms. The number of aromatic nitrogens is 2. The number of nitrogens with zero attached hydrogens (tertiary/aromatic N) is 3. The van der Waals surface area contributed by atoms with Crippen LogP contribution in [0.4, 0.5) is 10.2 Å². The van der Waals surface area contributed by atoms with Gasteiger partial charge in [0.1, 0.15) is 23.7 Å². The number of rotatable bonds is 6. The zero-order valence-corrected chi connectivity index (χ0v) is 19.9. The first-order chi connectivity index (χ1) is 16.5. The first-order valence-corrected chi connectivity index (χ1v) is 12.7. The lowest BCUT2D eigenvalue weighted by molar-refractivity contribution is -0.124. The number of carbonyl (C=O) groups is 1. The number of hydrogen-bond acceptors (Lipinski definition) is 5. The van der Waals surface area contributed by atoms with Gasteiger partial charge in [-0.25, -0.2) is 14.4 Å². The second-order valence-electron chi connectivity index (χ2n) is 11.2. The summed E-state index contributed by atoms with van der Waals surface area (Å²) in [5.41, 5.74) is 3.00. The molecule has 7 rings (SSSR count). The number of ether oxygens (including phenoxy) is 1. The maximum Gasteiger partial charge on any atom is 0.226 e. The Hall–Kier alpha value is -2.54. The highest BCUT2D eigenvalue weighted by atomic mass is 19.1. The third-order valence-electron chi connectivity index (χ3n) is 8.68. The summed E-state index contributed by atoms with van der Waals surface area (Å²) >= 11 is 0. The van der Waals surface area contributed by atoms with Gasteiger partial charge in [0, 0.05) is 37.2 Å². The molecule has 0 saturated heterocycles. The molecule has 7 heteroatoms. The van der Waals surface area contributed by atoms with Crippen LogP contribution in [0.3, 0.4) is 0 Å². The van der Waals surface area contributed by atoms with E-state index in [9.17, 15) is 9.18 Å². The first kappa shape index (κ1) is 22.0. The standard InChI is InChI=1S/C27H33FN4O2/c1-34-24-3-2-21(28)9-20(24)14-32-5-4-22-23(15-32)29-16-30-26(22)31-25(33)13-27-10-17-6-18(11-27)8-19(7-17)12-27/h2-3,9,16-19H,4-8,10-15H2,1H3,(H,29,30,31,33). The van der Waals surface area contributed by atoms with Crippen LogP contribution in [-0.2, 0) is 24.3 Å². The predicted octanol–water partition coefficient (Wildman–Crippen LogP) is 4.73. The third-order valence-corrected chi connectivity index (χ3v) is 8.68. The minimum Gasteiger partial charge on any atom is -0.496 e. The van der Waals surface area contributed by atoms with E-state index in [1.807, 2.05) is 0 Å². The van der Waals surface area contributed by atoms with Gasteiger partial charge in [0.15, 0.2) is 0 Å². The van der Waals surface area contributed by atoms with Crippen LogP contribution in [0.5, 0.6) is 5.75 Å². The minimum absolute atomic E-state index is 0.106. The number of amides is 1. The molecule has 0 unspecified atom stereocenters. The molecule has 4 aliphatic carbocycles. The average Bonchev–Trinajstić information content (AvgIpc) is 2.78. The monoisotopic (exact) mass is 464 g/mol. The summed E-state index contributed by atoms with van der Waals surface area (Å²) in [6.07, 6.45) is 10.8. The molecule has 0 atom stereocenters. The lowest BCUT2D eigenvalue weighted by Gasteiger charge is -2.56. The maximum atomic E-state index is 13.8. The van der Waals surface area contributed by atoms with Crippen LogP contribution in [0.25, 0.3) is 0 Å². The van der Waals surface area contributed by atoms with Crippen LogP contribution in [0, 0.1) is 29.0 Å². The van der Waals surface area contributed by atoms with Crippen molar-refractivity contribution in [3.63, 3.8) is 0 Å². The lowest BCUT2D eigenvalue weighted by Crippen LogP contribution is -2.47. The van der Waals surface area contributed by atoms with Gasteiger partial charge in [-0.3, -0.25) is 9.69 Å². The number of anilines is 1. The zero-order valence-electron chi connectivity index (χ0n) is 19.9. The third kappa shape index (κ3) is 4.19. The molecular weight excluding hydrogens is 431 g/mol. The van der Waals surface area contributed by atoms with Crippen LogP contribution in [0.1, 0.15) is 61.8 Å². The van der Waals surface area contributed by atoms with Gasteiger partial charge in [0.2, 0.25) is 5.91 Å². The smallest absolute Gasteiger partial charge is 0.226 e. The van der Waals surface area contributed by atoms with Crippen LogP contribution in [-0.4, -0.2) is 34.4 Å². The maximum absolute atomic E-state index is 13.8. The number of hydrogen-bond donors (Lipinski definition) is 1. The number of nitrogens with one attached hydrogen (secondary N) is 1. The quantitative estimate of drug-likeness (QED) is 0.670. The molecule has 4 bridgehead atoms. The van der Waals surface area contributed by atoms with E-state index in [-0.39, 0.29) is 17.1 Å². The van der Waals surface area contributed by atoms with Crippen molar-refractivity contribution in [3.05, 3.63) is 47.2 Å². The molecule has 1 aliphatic heterocycles. The fourth-order valence-electron chi connectivity index (χ4n) is 7.79. The van der Waals surface area contributed by atoms with Crippen LogP contribution < -0.4 is 10.1 Å². The highest BCUT2D eigenvalue weighted by Gasteiger charge is 2.51. The second-order valence-corrected chi connectivity index (χ2v) is 11.2. The average molecular weight is 465 g/mol. The molecule has 0 spiro atoms. The van der Waals surface area contributed by atoms with Crippen LogP contribution in [0.2, 0.25) is 0 Å². The van der Waals surface area contributed by atoms with Gasteiger partial charge in [-0.1, -0.05) is 0 Å². The summed E-state index contributed by atoms with van der Waals surface area (Å²) in [6, 6.07) is 4.62. The summed E-state index contributed by atoms with van der Waals surface area (Å²) < 4.78 is 19.2. The van der Waals surface area contributed by atoms with E-state index >= 15 is 0 Å². The van der Waals surface area contributed by atoms with E-state index in [1.165, 1.54) is 50.7 Å². The van der Waals surface area contributed by atoms with Crippen molar-refractivity contribution in [2.24, 2.45) is 23.2 Å². The molecule has 5 aliphatic rings. The van der Waals surface area contributed by atoms with Gasteiger partial charge < -0.3 is 10.1 Å². The molecule has 2 aromatic rings. The van der Waals surface area contributed by atoms with E-state index in [0.717, 1.165) is 47.5 Å². The normalized spacial score (nSPS) is 29.6. The van der Waals surface area contributed by atoms with Crippen molar-refractivity contribution >= 4 is 11.7 Å². The Morgan fingerprint density at radius 2 is 1.91 bits per heavy atom. The largest absolute Gasteiger partial charge is 0.496 e. The molecule has 1 N–H and O–H groups in total. The van der Waals surface area contributed by atoms with E-state index in [4.69, 9.17) is 4.74 Å². The van der Waals surface area contributed by atoms with Gasteiger partial charge in [0.05, 0.1) is 12.8 Å². The Morgan fingerprint density at radius 1 is 1.18 bits per heavy atom. The zero-order chi connectivity index (χ0) is 23.3. The summed E-state index contributed by atoms with van der Waals surface area (Å²) in [5, 5.41) is 3.16. The lowest BCUT2D eigenvalue weighted by atomic mass is 9.49. The second kappa shape index (κ2) is 8.59. The topological polar surface area (TPSA) is 67.3 Å². The fraction of sp³-hybridized carbons (Fsp3) is 0.593. The molecule has 1 aromatic heterocycles. The Labute approximate surface area is 200 Å². The van der Waals surface area contributed by atoms with Gasteiger partial charge in [-0.05, 0) is 86.3 Å². The molecule has 4 saturated carbocycles. The molecule has 4 fully saturated rings. The predicted molar refractivity (Wildman–Crippen MR) is 127 cm³/mol. The van der Waals surface area contributed by atoms with E-state index in [1.54, 1.807) is 19.5 Å². The number of fused-ring (bicyclic) bond motifs is 1. The molecule has 0 radical (unpaired) electrons. The summed E-state index contributed by atoms with van der Waals surface area (Å²) in [5.74, 6) is 3.72. The Kier molecular flexibility index (Phi) is 5.55. The number of halogens is 1. The van der Waals surface area contributed by atoms with Crippen molar-refractivity contribution in [2.75, 3.05) is 19.0 Å². The van der Waals surface area contributed by atoms with Gasteiger partial charge in [-0.15, -0.1) is 0 Å². The summed E-state index contributed by atoms with van der Waals surface area (Å²) in [6.45, 7) is 2.01. The molecule has 1 amide bonds. The molecule has 180 valence electrons. The number of carbonyl (C=O) groups excluding carboxylic acids is 1. The Balaban J connectivity index is 1.13. The highest BCUT2D eigenvalue weighted by Crippen LogP contribution is 2.61. The van der Waals surface area contributed by atoms with Crippen molar-refractivity contribution in [1.82, 2.24) is 14.9 Å². The van der Waals surface area contributed by atoms with Gasteiger partial charge in [-0.2, -0.15) is 0 Å². The van der Waals surface area contributed by atoms with E-state index in [0.29, 0.717) is 31.1 Å². The van der Waals surface area contributed by atoms with Gasteiger partial charge >= 0.3 is 0 Å². The van der Waals surface area contributed by atoms with Crippen molar-refractivity contribution < 1.29 is 13.9 Å². The van der Waals surface area contributed by atoms with E-state index < -0.39 is 0 Å². The molecule has 6 nitrogen and oxygen atoms in total. The minimum atomic E-state index is -0.264. The Bertz CT molecular complexity index is 1070. The highest BCUT2D eigenvalue weighted by molar-refractivity contribution is 5.91. The van der Waals surface area contributed by atoms with Crippen molar-refractivity contribution in [1.29, 1.82) is 0 Å². The van der Waals surface area contributed by atoms with Crippen LogP contribution >= 0.6 is 0 Å². The summed E-state index contributed by atoms with van der Waals surface area (Å²) in [4.78, 5) is 24.3. The van der Waals surface area contributed by atoms with Crippen LogP contribution in [0.15, 0.2) is 24.5 Å². The Morgan fingerprint density at radius 3 is 2.62 bits per heavy atom. The molecular formula is C27H33FN4O2. The van der Waals surface area contributed by atoms with E-state index in [2.05, 4.69) is 20.2 Å². The summed E-state index contributed by atoms with van der Waals surface area (Å²) in [7, 11) is 1.60. The molecule has 1 aromatic carbocycles. The number of methoxy groups -OCH3 is 1. The SMILES string of the molecule is COc1ccc(F)cc1CN1CCc2c(ncnc2NC(=O)CC23CC4CC(CC(C4)C2)C3)C1. The van der Waals surface area contributed by atoms with Gasteiger partial charge in [0.25, 0.3) is 0 Å². The van der Waals surface area contributed by atoms with Crippen molar-refractivity contribution in [2.45, 2.75) is 64.5 Å². The number of benzene rings is 1. The first-order valence-electron chi connectivity index (χ1n) is 12.7. The van der Waals surface area contributed by atoms with Crippen molar-refractivity contribution in [3.8, 4) is 5.75 Å².